The topological polar surface area (TPSA) is 75.6 Å². The van der Waals surface area contributed by atoms with Crippen LogP contribution in [-0.2, 0) is 9.53 Å². The van der Waals surface area contributed by atoms with E-state index in [9.17, 15) is 14.7 Å². The molecule has 0 aromatic heterocycles. The van der Waals surface area contributed by atoms with Crippen LogP contribution in [0.2, 0.25) is 0 Å². The lowest BCUT2D eigenvalue weighted by Crippen LogP contribution is -2.42. The van der Waals surface area contributed by atoms with Crippen LogP contribution in [0.1, 0.15) is 53.4 Å². The van der Waals surface area contributed by atoms with Gasteiger partial charge >= 0.3 is 12.1 Å². The van der Waals surface area contributed by atoms with Crippen molar-refractivity contribution < 1.29 is 19.4 Å². The predicted molar refractivity (Wildman–Crippen MR) is 71.9 cm³/mol. The molecule has 0 saturated heterocycles. The molecule has 1 saturated carbocycles. The maximum Gasteiger partial charge on any atom is 0.407 e. The summed E-state index contributed by atoms with van der Waals surface area (Å²) < 4.78 is 5.15. The lowest BCUT2D eigenvalue weighted by atomic mass is 9.75. The van der Waals surface area contributed by atoms with Crippen LogP contribution in [-0.4, -0.2) is 29.3 Å². The number of hydrogen-bond acceptors (Lipinski definition) is 3. The number of nitrogens with one attached hydrogen (secondary N) is 1. The molecule has 0 spiro atoms. The van der Waals surface area contributed by atoms with E-state index in [1.54, 1.807) is 20.8 Å². The Morgan fingerprint density at radius 1 is 1.32 bits per heavy atom. The van der Waals surface area contributed by atoms with Gasteiger partial charge in [-0.05, 0) is 39.5 Å². The number of aliphatic carboxylic acids is 1. The van der Waals surface area contributed by atoms with Gasteiger partial charge in [-0.25, -0.2) is 4.79 Å². The normalized spacial score (nSPS) is 19.8. The van der Waals surface area contributed by atoms with Crippen molar-refractivity contribution in [1.29, 1.82) is 0 Å². The number of carboxylic acids is 1. The minimum absolute atomic E-state index is 0.0972. The largest absolute Gasteiger partial charge is 0.481 e. The van der Waals surface area contributed by atoms with E-state index in [1.807, 2.05) is 6.92 Å². The first kappa shape index (κ1) is 15.8. The number of amides is 1. The van der Waals surface area contributed by atoms with Crippen molar-refractivity contribution in [1.82, 2.24) is 5.32 Å². The van der Waals surface area contributed by atoms with Crippen molar-refractivity contribution in [2.75, 3.05) is 6.54 Å². The first-order valence-electron chi connectivity index (χ1n) is 6.88. The fourth-order valence-corrected chi connectivity index (χ4v) is 2.67. The van der Waals surface area contributed by atoms with Gasteiger partial charge in [0.2, 0.25) is 0 Å². The molecule has 0 unspecified atom stereocenters. The molecule has 1 aliphatic rings. The lowest BCUT2D eigenvalue weighted by Gasteiger charge is -2.31. The third kappa shape index (κ3) is 4.11. The second-order valence-electron chi connectivity index (χ2n) is 6.45. The highest BCUT2D eigenvalue weighted by atomic mass is 16.6. The third-order valence-electron chi connectivity index (χ3n) is 3.82. The Kier molecular flexibility index (Phi) is 4.82. The Bertz CT molecular complexity index is 340. The molecule has 0 aromatic carbocycles. The second-order valence-corrected chi connectivity index (χ2v) is 6.45. The lowest BCUT2D eigenvalue weighted by molar-refractivity contribution is -0.151. The molecule has 0 aliphatic heterocycles. The zero-order valence-corrected chi connectivity index (χ0v) is 12.3. The fraction of sp³-hybridized carbons (Fsp3) is 0.857. The van der Waals surface area contributed by atoms with Gasteiger partial charge in [-0.3, -0.25) is 4.79 Å². The number of hydrogen-bond donors (Lipinski definition) is 2. The van der Waals surface area contributed by atoms with Crippen LogP contribution in [0.4, 0.5) is 4.79 Å². The first-order chi connectivity index (χ1) is 8.67. The van der Waals surface area contributed by atoms with Crippen molar-refractivity contribution in [3.05, 3.63) is 0 Å². The van der Waals surface area contributed by atoms with E-state index >= 15 is 0 Å². The fourth-order valence-electron chi connectivity index (χ4n) is 2.67. The molecule has 0 bridgehead atoms. The summed E-state index contributed by atoms with van der Waals surface area (Å²) in [5.74, 6) is -0.844. The number of carboxylic acid groups (broad SMARTS) is 1. The molecule has 5 nitrogen and oxygen atoms in total. The number of carbonyl (C=O) groups excluding carboxylic acids is 1. The molecule has 0 aromatic rings. The van der Waals surface area contributed by atoms with Crippen molar-refractivity contribution in [3.8, 4) is 0 Å². The molecular weight excluding hydrogens is 246 g/mol. The number of ether oxygens (including phenoxy) is 1. The predicted octanol–water partition coefficient (Wildman–Crippen LogP) is 2.79. The highest BCUT2D eigenvalue weighted by Crippen LogP contribution is 2.44. The van der Waals surface area contributed by atoms with E-state index in [0.29, 0.717) is 19.4 Å². The first-order valence-corrected chi connectivity index (χ1v) is 6.88. The van der Waals surface area contributed by atoms with Crippen LogP contribution in [0.15, 0.2) is 0 Å². The Morgan fingerprint density at radius 3 is 2.26 bits per heavy atom. The maximum absolute atomic E-state index is 11.6. The molecule has 0 radical (unpaired) electrons. The number of alkyl carbamates (subject to hydrolysis) is 1. The zero-order chi connectivity index (χ0) is 14.7. The minimum atomic E-state index is -0.747. The van der Waals surface area contributed by atoms with Gasteiger partial charge in [-0.1, -0.05) is 19.8 Å². The van der Waals surface area contributed by atoms with Crippen molar-refractivity contribution in [3.63, 3.8) is 0 Å². The third-order valence-corrected chi connectivity index (χ3v) is 3.82. The average molecular weight is 271 g/mol. The molecule has 1 aliphatic carbocycles. The summed E-state index contributed by atoms with van der Waals surface area (Å²) in [5.41, 5.74) is -1.22. The Morgan fingerprint density at radius 2 is 1.84 bits per heavy atom. The molecule has 110 valence electrons. The Balaban J connectivity index is 2.52. The number of rotatable bonds is 4. The Labute approximate surface area is 114 Å². The van der Waals surface area contributed by atoms with Gasteiger partial charge in [0.25, 0.3) is 0 Å². The highest BCUT2D eigenvalue weighted by molar-refractivity contribution is 5.75. The van der Waals surface area contributed by atoms with E-state index in [0.717, 1.165) is 12.8 Å². The summed E-state index contributed by atoms with van der Waals surface area (Å²) in [5, 5.41) is 12.1. The molecule has 1 rings (SSSR count). The molecule has 1 atom stereocenters. The zero-order valence-electron chi connectivity index (χ0n) is 12.3. The average Bonchev–Trinajstić information content (AvgIpc) is 2.73. The van der Waals surface area contributed by atoms with E-state index in [2.05, 4.69) is 5.32 Å². The van der Waals surface area contributed by atoms with E-state index in [1.165, 1.54) is 0 Å². The maximum atomic E-state index is 11.6. The molecule has 1 fully saturated rings. The Hall–Kier alpha value is -1.26. The summed E-state index contributed by atoms with van der Waals surface area (Å²) in [4.78, 5) is 23.1. The molecule has 2 N–H and O–H groups in total. The summed E-state index contributed by atoms with van der Waals surface area (Å²) >= 11 is 0. The standard InChI is InChI=1S/C14H25NO4/c1-10(9-15-12(18)19-13(2,3)4)14(11(16)17)7-5-6-8-14/h10H,5-9H2,1-4H3,(H,15,18)(H,16,17)/t10-/m1/s1. The van der Waals surface area contributed by atoms with Crippen LogP contribution in [0.5, 0.6) is 0 Å². The molecule has 5 heteroatoms. The molecule has 0 heterocycles. The van der Waals surface area contributed by atoms with Gasteiger partial charge in [-0.2, -0.15) is 0 Å². The SMILES string of the molecule is C[C@H](CNC(=O)OC(C)(C)C)C1(C(=O)O)CCCC1. The van der Waals surface area contributed by atoms with Crippen LogP contribution in [0, 0.1) is 11.3 Å². The van der Waals surface area contributed by atoms with Gasteiger partial charge in [0.1, 0.15) is 5.60 Å². The van der Waals surface area contributed by atoms with Gasteiger partial charge < -0.3 is 15.2 Å². The van der Waals surface area contributed by atoms with Crippen molar-refractivity contribution in [2.24, 2.45) is 11.3 Å². The summed E-state index contributed by atoms with van der Waals surface area (Å²) in [6.45, 7) is 7.61. The van der Waals surface area contributed by atoms with Crippen LogP contribution in [0.25, 0.3) is 0 Å². The molecule has 19 heavy (non-hydrogen) atoms. The van der Waals surface area contributed by atoms with Crippen molar-refractivity contribution in [2.45, 2.75) is 59.0 Å². The van der Waals surface area contributed by atoms with Crippen LogP contribution >= 0.6 is 0 Å². The number of carbonyl (C=O) groups is 2. The van der Waals surface area contributed by atoms with E-state index < -0.39 is 23.1 Å². The van der Waals surface area contributed by atoms with E-state index in [-0.39, 0.29) is 5.92 Å². The van der Waals surface area contributed by atoms with Crippen LogP contribution < -0.4 is 5.32 Å². The summed E-state index contributed by atoms with van der Waals surface area (Å²) in [6.07, 6.45) is 2.79. The highest BCUT2D eigenvalue weighted by Gasteiger charge is 2.45. The van der Waals surface area contributed by atoms with E-state index in [4.69, 9.17) is 4.74 Å². The monoisotopic (exact) mass is 271 g/mol. The van der Waals surface area contributed by atoms with Gasteiger partial charge in [0.05, 0.1) is 5.41 Å². The van der Waals surface area contributed by atoms with Gasteiger partial charge in [-0.15, -0.1) is 0 Å². The summed E-state index contributed by atoms with van der Waals surface area (Å²) in [6, 6.07) is 0. The minimum Gasteiger partial charge on any atom is -0.481 e. The quantitative estimate of drug-likeness (QED) is 0.824. The van der Waals surface area contributed by atoms with Gasteiger partial charge in [0, 0.05) is 6.54 Å². The van der Waals surface area contributed by atoms with Crippen LogP contribution in [0.3, 0.4) is 0 Å². The van der Waals surface area contributed by atoms with Crippen molar-refractivity contribution >= 4 is 12.1 Å². The molecular formula is C14H25NO4. The second kappa shape index (κ2) is 5.80. The van der Waals surface area contributed by atoms with Gasteiger partial charge in [0.15, 0.2) is 0 Å². The summed E-state index contributed by atoms with van der Waals surface area (Å²) in [7, 11) is 0. The smallest absolute Gasteiger partial charge is 0.407 e. The molecule has 1 amide bonds.